The molecule has 0 bridgehead atoms. The van der Waals surface area contributed by atoms with Crippen LogP contribution in [0.5, 0.6) is 0 Å². The average molecular weight is 282 g/mol. The van der Waals surface area contributed by atoms with E-state index in [0.29, 0.717) is 37.6 Å². The molecule has 0 saturated heterocycles. The molecule has 0 aliphatic rings. The summed E-state index contributed by atoms with van der Waals surface area (Å²) in [5.74, 6) is -1.07. The van der Waals surface area contributed by atoms with Crippen molar-refractivity contribution < 1.29 is 13.5 Å². The minimum atomic E-state index is -0.857. The molecule has 0 radical (unpaired) electrons. The molecule has 0 fully saturated rings. The summed E-state index contributed by atoms with van der Waals surface area (Å²) in [4.78, 5) is 4.13. The second-order valence-electron chi connectivity index (χ2n) is 4.28. The number of halogens is 2. The lowest BCUT2D eigenvalue weighted by molar-refractivity contribution is 0.199. The quantitative estimate of drug-likeness (QED) is 0.779. The lowest BCUT2D eigenvalue weighted by Crippen LogP contribution is -2.19. The van der Waals surface area contributed by atoms with Gasteiger partial charge in [0.1, 0.15) is 6.33 Å². The van der Waals surface area contributed by atoms with E-state index in [2.05, 4.69) is 15.4 Å². The highest BCUT2D eigenvalue weighted by Crippen LogP contribution is 2.09. The molecule has 2 aromatic rings. The summed E-state index contributed by atoms with van der Waals surface area (Å²) in [5, 5.41) is 7.36. The number of benzene rings is 1. The van der Waals surface area contributed by atoms with Gasteiger partial charge in [0.2, 0.25) is 0 Å². The highest BCUT2D eigenvalue weighted by atomic mass is 19.2. The van der Waals surface area contributed by atoms with Crippen LogP contribution in [0.25, 0.3) is 0 Å². The fourth-order valence-corrected chi connectivity index (χ4v) is 1.69. The first-order chi connectivity index (χ1) is 9.69. The second kappa shape index (κ2) is 7.06. The summed E-state index contributed by atoms with van der Waals surface area (Å²) in [6, 6.07) is 3.79. The van der Waals surface area contributed by atoms with E-state index in [1.807, 2.05) is 0 Å². The Bertz CT molecular complexity index is 559. The van der Waals surface area contributed by atoms with Crippen LogP contribution in [0.4, 0.5) is 8.78 Å². The fraction of sp³-hybridized carbons (Fsp3) is 0.385. The minimum Gasteiger partial charge on any atom is -0.383 e. The van der Waals surface area contributed by atoms with Crippen molar-refractivity contribution >= 4 is 0 Å². The molecule has 20 heavy (non-hydrogen) atoms. The monoisotopic (exact) mass is 282 g/mol. The van der Waals surface area contributed by atoms with Gasteiger partial charge in [0.25, 0.3) is 0 Å². The molecule has 2 rings (SSSR count). The van der Waals surface area contributed by atoms with E-state index in [0.717, 1.165) is 12.1 Å². The molecule has 0 saturated carbocycles. The molecule has 108 valence electrons. The molecule has 1 aromatic heterocycles. The maximum atomic E-state index is 13.1. The van der Waals surface area contributed by atoms with Gasteiger partial charge in [-0.3, -0.25) is 0 Å². The molecule has 5 nitrogen and oxygen atoms in total. The van der Waals surface area contributed by atoms with Crippen molar-refractivity contribution in [2.45, 2.75) is 13.1 Å². The lowest BCUT2D eigenvalue weighted by Gasteiger charge is -2.02. The summed E-state index contributed by atoms with van der Waals surface area (Å²) in [6.45, 7) is 2.22. The van der Waals surface area contributed by atoms with Crippen molar-refractivity contribution in [1.29, 1.82) is 0 Å². The first-order valence-electron chi connectivity index (χ1n) is 6.21. The number of nitrogens with zero attached hydrogens (tertiary/aromatic N) is 3. The Labute approximate surface area is 115 Å². The van der Waals surface area contributed by atoms with Crippen LogP contribution in [-0.4, -0.2) is 35.0 Å². The van der Waals surface area contributed by atoms with E-state index in [1.54, 1.807) is 18.1 Å². The van der Waals surface area contributed by atoms with Gasteiger partial charge in [0.05, 0.1) is 19.7 Å². The van der Waals surface area contributed by atoms with Crippen LogP contribution in [0.15, 0.2) is 24.5 Å². The Morgan fingerprint density at radius 3 is 2.90 bits per heavy atom. The standard InChI is InChI=1S/C13H16F2N4O/c1-20-5-4-16-7-13-17-9-19(18-13)8-10-2-3-11(14)12(15)6-10/h2-3,6,9,16H,4-5,7-8H2,1H3. The zero-order valence-electron chi connectivity index (χ0n) is 11.1. The van der Waals surface area contributed by atoms with E-state index < -0.39 is 11.6 Å². The molecule has 0 spiro atoms. The van der Waals surface area contributed by atoms with Gasteiger partial charge < -0.3 is 10.1 Å². The molecule has 0 atom stereocenters. The first-order valence-corrected chi connectivity index (χ1v) is 6.21. The predicted molar refractivity (Wildman–Crippen MR) is 69.1 cm³/mol. The van der Waals surface area contributed by atoms with E-state index in [4.69, 9.17) is 4.74 Å². The van der Waals surface area contributed by atoms with Crippen LogP contribution in [0.2, 0.25) is 0 Å². The maximum absolute atomic E-state index is 13.1. The zero-order valence-corrected chi connectivity index (χ0v) is 11.1. The third kappa shape index (κ3) is 4.07. The topological polar surface area (TPSA) is 52.0 Å². The third-order valence-corrected chi connectivity index (χ3v) is 2.68. The molecule has 1 heterocycles. The van der Waals surface area contributed by atoms with Crippen LogP contribution in [0.3, 0.4) is 0 Å². The number of rotatable bonds is 7. The number of hydrogen-bond donors (Lipinski definition) is 1. The maximum Gasteiger partial charge on any atom is 0.164 e. The Morgan fingerprint density at radius 2 is 2.15 bits per heavy atom. The summed E-state index contributed by atoms with van der Waals surface area (Å²) in [6.07, 6.45) is 1.56. The number of aromatic nitrogens is 3. The van der Waals surface area contributed by atoms with Crippen LogP contribution in [-0.2, 0) is 17.8 Å². The van der Waals surface area contributed by atoms with Gasteiger partial charge in [-0.05, 0) is 17.7 Å². The van der Waals surface area contributed by atoms with Gasteiger partial charge >= 0.3 is 0 Å². The Morgan fingerprint density at radius 1 is 1.30 bits per heavy atom. The average Bonchev–Trinajstić information content (AvgIpc) is 2.87. The molecule has 7 heteroatoms. The van der Waals surface area contributed by atoms with Crippen molar-refractivity contribution in [3.05, 3.63) is 47.5 Å². The number of nitrogens with one attached hydrogen (secondary N) is 1. The van der Waals surface area contributed by atoms with E-state index in [-0.39, 0.29) is 0 Å². The summed E-state index contributed by atoms with van der Waals surface area (Å²) in [5.41, 5.74) is 0.632. The zero-order chi connectivity index (χ0) is 14.4. The van der Waals surface area contributed by atoms with Crippen molar-refractivity contribution in [2.24, 2.45) is 0 Å². The molecule has 1 N–H and O–H groups in total. The summed E-state index contributed by atoms with van der Waals surface area (Å²) >= 11 is 0. The molecule has 0 aliphatic heterocycles. The molecule has 0 amide bonds. The minimum absolute atomic E-state index is 0.349. The van der Waals surface area contributed by atoms with Crippen molar-refractivity contribution in [1.82, 2.24) is 20.1 Å². The van der Waals surface area contributed by atoms with Gasteiger partial charge in [-0.25, -0.2) is 18.4 Å². The van der Waals surface area contributed by atoms with Crippen molar-refractivity contribution in [2.75, 3.05) is 20.3 Å². The van der Waals surface area contributed by atoms with Crippen LogP contribution < -0.4 is 5.32 Å². The Balaban J connectivity index is 1.90. The van der Waals surface area contributed by atoms with E-state index in [9.17, 15) is 8.78 Å². The molecular weight excluding hydrogens is 266 g/mol. The number of ether oxygens (including phenoxy) is 1. The Hall–Kier alpha value is -1.86. The number of methoxy groups -OCH3 is 1. The molecule has 0 aliphatic carbocycles. The Kier molecular flexibility index (Phi) is 5.14. The highest BCUT2D eigenvalue weighted by molar-refractivity contribution is 5.17. The van der Waals surface area contributed by atoms with Gasteiger partial charge in [-0.1, -0.05) is 6.07 Å². The first kappa shape index (κ1) is 14.5. The van der Waals surface area contributed by atoms with Crippen molar-refractivity contribution in [3.63, 3.8) is 0 Å². The van der Waals surface area contributed by atoms with Crippen LogP contribution in [0.1, 0.15) is 11.4 Å². The SMILES string of the molecule is COCCNCc1ncn(Cc2ccc(F)c(F)c2)n1. The fourth-order valence-electron chi connectivity index (χ4n) is 1.69. The van der Waals surface area contributed by atoms with Gasteiger partial charge in [0, 0.05) is 13.7 Å². The number of hydrogen-bond acceptors (Lipinski definition) is 4. The largest absolute Gasteiger partial charge is 0.383 e. The van der Waals surface area contributed by atoms with Crippen LogP contribution in [0, 0.1) is 11.6 Å². The highest BCUT2D eigenvalue weighted by Gasteiger charge is 2.05. The van der Waals surface area contributed by atoms with Gasteiger partial charge in [0.15, 0.2) is 17.5 Å². The van der Waals surface area contributed by atoms with Gasteiger partial charge in [-0.15, -0.1) is 0 Å². The molecule has 1 aromatic carbocycles. The molecule has 0 unspecified atom stereocenters. The second-order valence-corrected chi connectivity index (χ2v) is 4.28. The normalized spacial score (nSPS) is 10.9. The predicted octanol–water partition coefficient (Wildman–Crippen LogP) is 1.34. The van der Waals surface area contributed by atoms with Crippen LogP contribution >= 0.6 is 0 Å². The summed E-state index contributed by atoms with van der Waals surface area (Å²) in [7, 11) is 1.64. The van der Waals surface area contributed by atoms with E-state index in [1.165, 1.54) is 6.07 Å². The molecular formula is C13H16F2N4O. The van der Waals surface area contributed by atoms with Gasteiger partial charge in [-0.2, -0.15) is 5.10 Å². The third-order valence-electron chi connectivity index (χ3n) is 2.68. The lowest BCUT2D eigenvalue weighted by atomic mass is 10.2. The smallest absolute Gasteiger partial charge is 0.164 e. The van der Waals surface area contributed by atoms with Crippen molar-refractivity contribution in [3.8, 4) is 0 Å². The van der Waals surface area contributed by atoms with E-state index >= 15 is 0 Å². The summed E-state index contributed by atoms with van der Waals surface area (Å²) < 4.78 is 32.4.